The van der Waals surface area contributed by atoms with Gasteiger partial charge in [0.1, 0.15) is 0 Å². The summed E-state index contributed by atoms with van der Waals surface area (Å²) in [7, 11) is 0. The molecule has 1 heterocycles. The summed E-state index contributed by atoms with van der Waals surface area (Å²) < 4.78 is 0. The molecule has 0 spiro atoms. The molecule has 2 aliphatic rings. The van der Waals surface area contributed by atoms with Crippen LogP contribution in [-0.2, 0) is 0 Å². The summed E-state index contributed by atoms with van der Waals surface area (Å²) in [6.45, 7) is 3.51. The smallest absolute Gasteiger partial charge is 0.0635 e. The van der Waals surface area contributed by atoms with Gasteiger partial charge in [0, 0.05) is 19.5 Å². The molecule has 2 fully saturated rings. The van der Waals surface area contributed by atoms with E-state index in [0.29, 0.717) is 6.42 Å². The van der Waals surface area contributed by atoms with Crippen LogP contribution in [0.15, 0.2) is 0 Å². The number of hydrogen-bond acceptors (Lipinski definition) is 2. The third-order valence-corrected chi connectivity index (χ3v) is 3.92. The minimum atomic E-state index is 0.706. The number of rotatable bonds is 2. The first-order chi connectivity index (χ1) is 6.90. The average molecular weight is 192 g/mol. The Bertz CT molecular complexity index is 219. The number of fused-ring (bicyclic) bond motifs is 1. The van der Waals surface area contributed by atoms with Crippen molar-refractivity contribution in [3.63, 3.8) is 0 Å². The summed E-state index contributed by atoms with van der Waals surface area (Å²) in [5.74, 6) is 1.97. The van der Waals surface area contributed by atoms with Crippen molar-refractivity contribution in [2.75, 3.05) is 19.6 Å². The van der Waals surface area contributed by atoms with Gasteiger partial charge in [-0.1, -0.05) is 19.3 Å². The molecule has 0 aromatic rings. The summed E-state index contributed by atoms with van der Waals surface area (Å²) in [6, 6.07) is 2.25. The molecule has 2 nitrogen and oxygen atoms in total. The summed E-state index contributed by atoms with van der Waals surface area (Å²) in [5, 5.41) is 8.55. The van der Waals surface area contributed by atoms with Crippen molar-refractivity contribution in [2.45, 2.75) is 38.5 Å². The molecule has 0 bridgehead atoms. The zero-order valence-corrected chi connectivity index (χ0v) is 8.91. The lowest BCUT2D eigenvalue weighted by atomic mass is 9.75. The van der Waals surface area contributed by atoms with E-state index in [4.69, 9.17) is 5.26 Å². The van der Waals surface area contributed by atoms with E-state index in [1.54, 1.807) is 0 Å². The van der Waals surface area contributed by atoms with Crippen LogP contribution >= 0.6 is 0 Å². The lowest BCUT2D eigenvalue weighted by molar-refractivity contribution is 0.0885. The number of hydrogen-bond donors (Lipinski definition) is 0. The Morgan fingerprint density at radius 1 is 1.14 bits per heavy atom. The second-order valence-corrected chi connectivity index (χ2v) is 4.80. The van der Waals surface area contributed by atoms with E-state index in [1.807, 2.05) is 0 Å². The molecule has 1 aliphatic heterocycles. The first kappa shape index (κ1) is 9.98. The molecule has 0 aromatic carbocycles. The maximum atomic E-state index is 8.55. The standard InChI is InChI=1S/C12H20N2/c13-7-3-8-14-9-6-11-4-1-2-5-12(11)10-14/h11-12H,1-6,8-10H2. The summed E-state index contributed by atoms with van der Waals surface area (Å²) >= 11 is 0. The Morgan fingerprint density at radius 2 is 1.93 bits per heavy atom. The molecular weight excluding hydrogens is 172 g/mol. The molecule has 1 saturated carbocycles. The van der Waals surface area contributed by atoms with E-state index in [9.17, 15) is 0 Å². The van der Waals surface area contributed by atoms with Gasteiger partial charge in [-0.3, -0.25) is 0 Å². The summed E-state index contributed by atoms with van der Waals surface area (Å²) in [4.78, 5) is 2.50. The van der Waals surface area contributed by atoms with Gasteiger partial charge in [0.15, 0.2) is 0 Å². The van der Waals surface area contributed by atoms with Gasteiger partial charge in [-0.2, -0.15) is 5.26 Å². The van der Waals surface area contributed by atoms with Crippen LogP contribution in [0, 0.1) is 23.2 Å². The van der Waals surface area contributed by atoms with Crippen molar-refractivity contribution < 1.29 is 0 Å². The first-order valence-electron chi connectivity index (χ1n) is 5.99. The van der Waals surface area contributed by atoms with E-state index in [-0.39, 0.29) is 0 Å². The predicted molar refractivity (Wildman–Crippen MR) is 56.7 cm³/mol. The fraction of sp³-hybridized carbons (Fsp3) is 0.917. The van der Waals surface area contributed by atoms with Gasteiger partial charge in [0.05, 0.1) is 6.07 Å². The number of nitrogens with zero attached hydrogens (tertiary/aromatic N) is 2. The third-order valence-electron chi connectivity index (χ3n) is 3.92. The highest BCUT2D eigenvalue weighted by molar-refractivity contribution is 4.84. The molecule has 78 valence electrons. The monoisotopic (exact) mass is 192 g/mol. The van der Waals surface area contributed by atoms with Crippen LogP contribution in [-0.4, -0.2) is 24.5 Å². The summed E-state index contributed by atoms with van der Waals surface area (Å²) in [6.07, 6.45) is 7.89. The van der Waals surface area contributed by atoms with Crippen LogP contribution in [0.4, 0.5) is 0 Å². The van der Waals surface area contributed by atoms with Crippen molar-refractivity contribution >= 4 is 0 Å². The topological polar surface area (TPSA) is 27.0 Å². The van der Waals surface area contributed by atoms with Crippen molar-refractivity contribution in [3.05, 3.63) is 0 Å². The fourth-order valence-corrected chi connectivity index (χ4v) is 3.09. The second-order valence-electron chi connectivity index (χ2n) is 4.80. The van der Waals surface area contributed by atoms with E-state index in [1.165, 1.54) is 45.2 Å². The van der Waals surface area contributed by atoms with Crippen molar-refractivity contribution in [1.29, 1.82) is 5.26 Å². The highest BCUT2D eigenvalue weighted by Crippen LogP contribution is 2.35. The maximum Gasteiger partial charge on any atom is 0.0635 e. The molecule has 2 unspecified atom stereocenters. The molecular formula is C12H20N2. The maximum absolute atomic E-state index is 8.55. The van der Waals surface area contributed by atoms with Crippen LogP contribution < -0.4 is 0 Å². The minimum absolute atomic E-state index is 0.706. The van der Waals surface area contributed by atoms with Gasteiger partial charge < -0.3 is 4.90 Å². The first-order valence-corrected chi connectivity index (χ1v) is 5.99. The second kappa shape index (κ2) is 4.79. The molecule has 0 amide bonds. The Balaban J connectivity index is 1.81. The molecule has 0 N–H and O–H groups in total. The normalized spacial score (nSPS) is 33.4. The van der Waals surface area contributed by atoms with Crippen LogP contribution in [0.5, 0.6) is 0 Å². The van der Waals surface area contributed by atoms with E-state index >= 15 is 0 Å². The highest BCUT2D eigenvalue weighted by atomic mass is 15.1. The van der Waals surface area contributed by atoms with E-state index < -0.39 is 0 Å². The molecule has 1 saturated heterocycles. The van der Waals surface area contributed by atoms with Crippen molar-refractivity contribution in [2.24, 2.45) is 11.8 Å². The molecule has 0 aromatic heterocycles. The molecule has 2 heteroatoms. The van der Waals surface area contributed by atoms with Gasteiger partial charge in [-0.05, 0) is 31.2 Å². The molecule has 1 aliphatic carbocycles. The van der Waals surface area contributed by atoms with E-state index in [2.05, 4.69) is 11.0 Å². The van der Waals surface area contributed by atoms with Crippen LogP contribution in [0.1, 0.15) is 38.5 Å². The molecule has 2 rings (SSSR count). The number of nitriles is 1. The molecule has 14 heavy (non-hydrogen) atoms. The minimum Gasteiger partial charge on any atom is -0.302 e. The summed E-state index contributed by atoms with van der Waals surface area (Å²) in [5.41, 5.74) is 0. The van der Waals surface area contributed by atoms with Crippen LogP contribution in [0.3, 0.4) is 0 Å². The molecule has 0 radical (unpaired) electrons. The van der Waals surface area contributed by atoms with Gasteiger partial charge in [-0.15, -0.1) is 0 Å². The Kier molecular flexibility index (Phi) is 3.42. The Morgan fingerprint density at radius 3 is 2.71 bits per heavy atom. The zero-order chi connectivity index (χ0) is 9.80. The quantitative estimate of drug-likeness (QED) is 0.672. The van der Waals surface area contributed by atoms with Crippen LogP contribution in [0.25, 0.3) is 0 Å². The third kappa shape index (κ3) is 2.27. The number of likely N-dealkylation sites (tertiary alicyclic amines) is 1. The highest BCUT2D eigenvalue weighted by Gasteiger charge is 2.30. The Hall–Kier alpha value is -0.550. The largest absolute Gasteiger partial charge is 0.302 e. The average Bonchev–Trinajstić information content (AvgIpc) is 2.26. The van der Waals surface area contributed by atoms with Gasteiger partial charge in [-0.25, -0.2) is 0 Å². The van der Waals surface area contributed by atoms with E-state index in [0.717, 1.165) is 18.4 Å². The molecule has 2 atom stereocenters. The predicted octanol–water partition coefficient (Wildman–Crippen LogP) is 2.41. The van der Waals surface area contributed by atoms with Crippen molar-refractivity contribution in [3.8, 4) is 6.07 Å². The van der Waals surface area contributed by atoms with Gasteiger partial charge >= 0.3 is 0 Å². The van der Waals surface area contributed by atoms with Gasteiger partial charge in [0.2, 0.25) is 0 Å². The SMILES string of the molecule is N#CCCN1CCC2CCCCC2C1. The Labute approximate surface area is 86.9 Å². The van der Waals surface area contributed by atoms with Crippen molar-refractivity contribution in [1.82, 2.24) is 4.90 Å². The van der Waals surface area contributed by atoms with Crippen LogP contribution in [0.2, 0.25) is 0 Å². The lowest BCUT2D eigenvalue weighted by Gasteiger charge is -2.41. The zero-order valence-electron chi connectivity index (χ0n) is 8.91. The fourth-order valence-electron chi connectivity index (χ4n) is 3.09. The van der Waals surface area contributed by atoms with Gasteiger partial charge in [0.25, 0.3) is 0 Å². The lowest BCUT2D eigenvalue weighted by Crippen LogP contribution is -2.42. The number of piperidine rings is 1.